The molecule has 1 spiro atoms. The average Bonchev–Trinajstić information content (AvgIpc) is 3.55. The van der Waals surface area contributed by atoms with E-state index >= 15 is 0 Å². The molecule has 7 aromatic carbocycles. The fourth-order valence-corrected chi connectivity index (χ4v) is 8.91. The lowest BCUT2D eigenvalue weighted by atomic mass is 9.68. The molecule has 1 nitrogen and oxygen atoms in total. The molecule has 0 fully saturated rings. The van der Waals surface area contributed by atoms with Crippen LogP contribution in [0.2, 0.25) is 0 Å². The highest BCUT2D eigenvalue weighted by molar-refractivity contribution is 6.04. The van der Waals surface area contributed by atoms with Crippen molar-refractivity contribution in [2.75, 3.05) is 0 Å². The van der Waals surface area contributed by atoms with Gasteiger partial charge in [-0.25, -0.2) is 0 Å². The van der Waals surface area contributed by atoms with Crippen LogP contribution in [0.15, 0.2) is 146 Å². The average molecular weight is 575 g/mol. The van der Waals surface area contributed by atoms with Crippen LogP contribution in [0.5, 0.6) is 11.5 Å². The third-order valence-electron chi connectivity index (χ3n) is 10.7. The normalized spacial score (nSPS) is 15.4. The molecule has 0 unspecified atom stereocenters. The van der Waals surface area contributed by atoms with Gasteiger partial charge in [-0.15, -0.1) is 0 Å². The highest BCUT2D eigenvalue weighted by Gasteiger charge is 2.52. The summed E-state index contributed by atoms with van der Waals surface area (Å²) in [6.07, 6.45) is 0. The van der Waals surface area contributed by atoms with E-state index in [9.17, 15) is 0 Å². The van der Waals surface area contributed by atoms with Crippen LogP contribution in [0.3, 0.4) is 0 Å². The SMILES string of the molecule is CC1(C)c2ccccc2Oc2cccc(-c3ccc4c(c3)C3(c5ccccc5-c5ccccc53)c3c-4ccc4ccccc34)c21. The molecule has 45 heavy (non-hydrogen) atoms. The van der Waals surface area contributed by atoms with Crippen molar-refractivity contribution >= 4 is 10.8 Å². The zero-order valence-corrected chi connectivity index (χ0v) is 25.3. The van der Waals surface area contributed by atoms with Crippen LogP contribution >= 0.6 is 0 Å². The summed E-state index contributed by atoms with van der Waals surface area (Å²) in [7, 11) is 0. The zero-order chi connectivity index (χ0) is 29.9. The molecule has 0 radical (unpaired) electrons. The topological polar surface area (TPSA) is 9.23 Å². The maximum absolute atomic E-state index is 6.55. The van der Waals surface area contributed by atoms with Gasteiger partial charge >= 0.3 is 0 Å². The second kappa shape index (κ2) is 8.61. The molecule has 7 aromatic rings. The second-order valence-corrected chi connectivity index (χ2v) is 13.2. The van der Waals surface area contributed by atoms with E-state index in [2.05, 4.69) is 159 Å². The number of benzene rings is 7. The number of rotatable bonds is 1. The fourth-order valence-electron chi connectivity index (χ4n) is 8.91. The van der Waals surface area contributed by atoms with E-state index in [1.165, 1.54) is 77.5 Å². The van der Waals surface area contributed by atoms with Crippen molar-refractivity contribution in [3.63, 3.8) is 0 Å². The molecule has 3 aliphatic rings. The maximum Gasteiger partial charge on any atom is 0.132 e. The first kappa shape index (κ1) is 25.0. The van der Waals surface area contributed by atoms with Crippen LogP contribution in [-0.2, 0) is 10.8 Å². The second-order valence-electron chi connectivity index (χ2n) is 13.2. The highest BCUT2D eigenvalue weighted by atomic mass is 16.5. The lowest BCUT2D eigenvalue weighted by Gasteiger charge is -2.36. The van der Waals surface area contributed by atoms with Crippen molar-refractivity contribution in [3.8, 4) is 44.9 Å². The van der Waals surface area contributed by atoms with Crippen molar-refractivity contribution in [2.45, 2.75) is 24.7 Å². The molecule has 212 valence electrons. The molecule has 0 saturated heterocycles. The lowest BCUT2D eigenvalue weighted by molar-refractivity contribution is 0.419. The Bertz CT molecular complexity index is 2340. The minimum atomic E-state index is -0.414. The number of hydrogen-bond acceptors (Lipinski definition) is 1. The highest BCUT2D eigenvalue weighted by Crippen LogP contribution is 2.64. The molecular weight excluding hydrogens is 544 g/mol. The molecule has 0 saturated carbocycles. The van der Waals surface area contributed by atoms with Crippen LogP contribution in [0.1, 0.15) is 47.2 Å². The summed E-state index contributed by atoms with van der Waals surface area (Å²) < 4.78 is 6.55. The monoisotopic (exact) mass is 574 g/mol. The van der Waals surface area contributed by atoms with Crippen LogP contribution in [-0.4, -0.2) is 0 Å². The molecule has 1 heteroatoms. The van der Waals surface area contributed by atoms with E-state index in [1.54, 1.807) is 0 Å². The standard InChI is InChI=1S/C44H30O/c1-43(2)37-19-9-10-20-39(37)45-40-21-11-16-30(42(40)43)28-23-24-33-34-25-22-27-12-3-4-13-29(27)41(34)44(38(33)26-28)35-17-7-5-14-31(35)32-15-6-8-18-36(32)44/h3-26H,1-2H3. The zero-order valence-electron chi connectivity index (χ0n) is 25.3. The Kier molecular flexibility index (Phi) is 4.78. The summed E-state index contributed by atoms with van der Waals surface area (Å²) >= 11 is 0. The van der Waals surface area contributed by atoms with E-state index in [1.807, 2.05) is 0 Å². The van der Waals surface area contributed by atoms with Crippen molar-refractivity contribution in [3.05, 3.63) is 179 Å². The first-order chi connectivity index (χ1) is 22.1. The van der Waals surface area contributed by atoms with E-state index in [-0.39, 0.29) is 5.41 Å². The molecule has 1 aliphatic heterocycles. The Labute approximate surface area is 263 Å². The van der Waals surface area contributed by atoms with Crippen molar-refractivity contribution < 1.29 is 4.74 Å². The van der Waals surface area contributed by atoms with E-state index < -0.39 is 5.41 Å². The molecular formula is C44H30O. The van der Waals surface area contributed by atoms with Crippen molar-refractivity contribution in [2.24, 2.45) is 0 Å². The predicted molar refractivity (Wildman–Crippen MR) is 184 cm³/mol. The first-order valence-corrected chi connectivity index (χ1v) is 15.9. The van der Waals surface area contributed by atoms with Crippen LogP contribution in [0, 0.1) is 0 Å². The third kappa shape index (κ3) is 3.03. The van der Waals surface area contributed by atoms with E-state index in [0.717, 1.165) is 11.5 Å². The predicted octanol–water partition coefficient (Wildman–Crippen LogP) is 11.3. The van der Waals surface area contributed by atoms with E-state index in [4.69, 9.17) is 4.74 Å². The minimum Gasteiger partial charge on any atom is -0.457 e. The largest absolute Gasteiger partial charge is 0.457 e. The van der Waals surface area contributed by atoms with Crippen molar-refractivity contribution in [1.82, 2.24) is 0 Å². The molecule has 0 amide bonds. The molecule has 2 aliphatic carbocycles. The molecule has 1 heterocycles. The summed E-state index contributed by atoms with van der Waals surface area (Å²) in [5.41, 5.74) is 15.1. The number of fused-ring (bicyclic) bond motifs is 14. The van der Waals surface area contributed by atoms with Gasteiger partial charge in [-0.2, -0.15) is 0 Å². The quantitative estimate of drug-likeness (QED) is 0.189. The minimum absolute atomic E-state index is 0.219. The lowest BCUT2D eigenvalue weighted by Crippen LogP contribution is -2.26. The van der Waals surface area contributed by atoms with Gasteiger partial charge in [0.15, 0.2) is 0 Å². The third-order valence-corrected chi connectivity index (χ3v) is 10.7. The number of ether oxygens (including phenoxy) is 1. The van der Waals surface area contributed by atoms with Gasteiger partial charge in [0, 0.05) is 16.5 Å². The Hall–Kier alpha value is -5.40. The Morgan fingerprint density at radius 3 is 1.82 bits per heavy atom. The maximum atomic E-state index is 6.55. The van der Waals surface area contributed by atoms with Crippen molar-refractivity contribution in [1.29, 1.82) is 0 Å². The Balaban J connectivity index is 1.31. The summed E-state index contributed by atoms with van der Waals surface area (Å²) in [5.74, 6) is 1.89. The van der Waals surface area contributed by atoms with Crippen LogP contribution in [0.25, 0.3) is 44.2 Å². The fraction of sp³-hybridized carbons (Fsp3) is 0.0909. The van der Waals surface area contributed by atoms with Crippen LogP contribution in [0.4, 0.5) is 0 Å². The summed E-state index contributed by atoms with van der Waals surface area (Å²) in [6, 6.07) is 53.9. The van der Waals surface area contributed by atoms with Gasteiger partial charge in [0.25, 0.3) is 0 Å². The Morgan fingerprint density at radius 1 is 0.422 bits per heavy atom. The van der Waals surface area contributed by atoms with Gasteiger partial charge in [0.2, 0.25) is 0 Å². The van der Waals surface area contributed by atoms with Gasteiger partial charge in [-0.1, -0.05) is 141 Å². The molecule has 0 N–H and O–H groups in total. The molecule has 0 bridgehead atoms. The van der Waals surface area contributed by atoms with Gasteiger partial charge in [0.1, 0.15) is 11.5 Å². The molecule has 0 atom stereocenters. The number of para-hydroxylation sites is 1. The van der Waals surface area contributed by atoms with E-state index in [0.29, 0.717) is 0 Å². The van der Waals surface area contributed by atoms with Gasteiger partial charge in [-0.3, -0.25) is 0 Å². The Morgan fingerprint density at radius 2 is 1.02 bits per heavy atom. The summed E-state index contributed by atoms with van der Waals surface area (Å²) in [5, 5.41) is 2.60. The van der Waals surface area contributed by atoms with Gasteiger partial charge in [-0.05, 0) is 84.6 Å². The summed E-state index contributed by atoms with van der Waals surface area (Å²) in [4.78, 5) is 0. The number of hydrogen-bond donors (Lipinski definition) is 0. The van der Waals surface area contributed by atoms with Gasteiger partial charge < -0.3 is 4.74 Å². The van der Waals surface area contributed by atoms with Crippen LogP contribution < -0.4 is 4.74 Å². The molecule has 0 aromatic heterocycles. The first-order valence-electron chi connectivity index (χ1n) is 15.9. The summed E-state index contributed by atoms with van der Waals surface area (Å²) in [6.45, 7) is 4.66. The molecule has 10 rings (SSSR count). The van der Waals surface area contributed by atoms with Gasteiger partial charge in [0.05, 0.1) is 5.41 Å². The smallest absolute Gasteiger partial charge is 0.132 e.